The molecule has 17 heavy (non-hydrogen) atoms. The molecule has 1 aliphatic carbocycles. The fraction of sp³-hybridized carbons (Fsp3) is 0.727. The molecule has 5 nitrogen and oxygen atoms in total. The van der Waals surface area contributed by atoms with Crippen molar-refractivity contribution < 1.29 is 9.59 Å². The van der Waals surface area contributed by atoms with Crippen LogP contribution in [0.3, 0.4) is 0 Å². The van der Waals surface area contributed by atoms with Gasteiger partial charge in [-0.25, -0.2) is 0 Å². The lowest BCUT2D eigenvalue weighted by Gasteiger charge is -2.17. The van der Waals surface area contributed by atoms with Crippen molar-refractivity contribution in [3.63, 3.8) is 0 Å². The molecule has 0 unspecified atom stereocenters. The van der Waals surface area contributed by atoms with E-state index in [1.165, 1.54) is 0 Å². The second-order valence-corrected chi connectivity index (χ2v) is 5.16. The molecule has 6 heteroatoms. The van der Waals surface area contributed by atoms with Crippen molar-refractivity contribution in [1.29, 1.82) is 0 Å². The number of thiocarbonyl (C=S) groups is 1. The maximum Gasteiger partial charge on any atom is 0.241 e. The van der Waals surface area contributed by atoms with Gasteiger partial charge in [0.1, 0.15) is 0 Å². The van der Waals surface area contributed by atoms with Crippen LogP contribution in [0.2, 0.25) is 0 Å². The van der Waals surface area contributed by atoms with E-state index in [0.29, 0.717) is 12.8 Å². The van der Waals surface area contributed by atoms with Gasteiger partial charge in [0, 0.05) is 13.1 Å². The number of nitrogens with one attached hydrogen (secondary N) is 1. The molecule has 0 bridgehead atoms. The first kappa shape index (κ1) is 12.3. The highest BCUT2D eigenvalue weighted by Gasteiger charge is 2.52. The van der Waals surface area contributed by atoms with E-state index in [2.05, 4.69) is 5.32 Å². The molecule has 2 amide bonds. The Morgan fingerprint density at radius 2 is 1.88 bits per heavy atom. The molecule has 2 fully saturated rings. The minimum absolute atomic E-state index is 0.0189. The van der Waals surface area contributed by atoms with E-state index < -0.39 is 5.41 Å². The van der Waals surface area contributed by atoms with Gasteiger partial charge >= 0.3 is 0 Å². The van der Waals surface area contributed by atoms with E-state index >= 15 is 0 Å². The van der Waals surface area contributed by atoms with Crippen LogP contribution < -0.4 is 11.1 Å². The normalized spacial score (nSPS) is 21.1. The standard InChI is InChI=1S/C11H17N3O2S/c12-9(17)11(3-4-11)10(16)13-7-8(15)14-5-1-2-6-14/h1-7H2,(H2,12,17)(H,13,16). The summed E-state index contributed by atoms with van der Waals surface area (Å²) < 4.78 is 0. The van der Waals surface area contributed by atoms with Gasteiger partial charge in [0.25, 0.3) is 0 Å². The zero-order chi connectivity index (χ0) is 12.5. The minimum Gasteiger partial charge on any atom is -0.392 e. The smallest absolute Gasteiger partial charge is 0.241 e. The van der Waals surface area contributed by atoms with E-state index in [1.807, 2.05) is 0 Å². The first-order valence-corrected chi connectivity index (χ1v) is 6.33. The molecule has 1 heterocycles. The first-order chi connectivity index (χ1) is 8.06. The SMILES string of the molecule is NC(=S)C1(C(=O)NCC(=O)N2CCCC2)CC1. The van der Waals surface area contributed by atoms with Gasteiger partial charge in [-0.1, -0.05) is 12.2 Å². The predicted molar refractivity (Wildman–Crippen MR) is 67.3 cm³/mol. The van der Waals surface area contributed by atoms with Crippen LogP contribution in [-0.2, 0) is 9.59 Å². The summed E-state index contributed by atoms with van der Waals surface area (Å²) in [6.07, 6.45) is 3.51. The molecule has 0 radical (unpaired) electrons. The van der Waals surface area contributed by atoms with Gasteiger partial charge in [0.2, 0.25) is 11.8 Å². The summed E-state index contributed by atoms with van der Waals surface area (Å²) in [5.74, 6) is -0.216. The number of rotatable bonds is 4. The molecule has 3 N–H and O–H groups in total. The second kappa shape index (κ2) is 4.60. The van der Waals surface area contributed by atoms with Crippen LogP contribution in [0.15, 0.2) is 0 Å². The zero-order valence-corrected chi connectivity index (χ0v) is 10.5. The van der Waals surface area contributed by atoms with E-state index in [-0.39, 0.29) is 23.3 Å². The van der Waals surface area contributed by atoms with Gasteiger partial charge in [0.15, 0.2) is 0 Å². The predicted octanol–water partition coefficient (Wildman–Crippen LogP) is -0.209. The van der Waals surface area contributed by atoms with Crippen molar-refractivity contribution in [2.24, 2.45) is 11.1 Å². The molecule has 0 spiro atoms. The lowest BCUT2D eigenvalue weighted by atomic mass is 10.1. The highest BCUT2D eigenvalue weighted by molar-refractivity contribution is 7.80. The van der Waals surface area contributed by atoms with E-state index in [9.17, 15) is 9.59 Å². The molecule has 1 saturated heterocycles. The van der Waals surface area contributed by atoms with Crippen LogP contribution in [-0.4, -0.2) is 41.3 Å². The van der Waals surface area contributed by atoms with Crippen LogP contribution in [0.4, 0.5) is 0 Å². The molecule has 2 rings (SSSR count). The van der Waals surface area contributed by atoms with E-state index in [1.54, 1.807) is 4.90 Å². The fourth-order valence-corrected chi connectivity index (χ4v) is 2.41. The lowest BCUT2D eigenvalue weighted by molar-refractivity contribution is -0.132. The molecule has 1 aliphatic heterocycles. The molecule has 0 aromatic rings. The zero-order valence-electron chi connectivity index (χ0n) is 9.70. The molecule has 1 saturated carbocycles. The summed E-state index contributed by atoms with van der Waals surface area (Å²) in [6.45, 7) is 1.66. The van der Waals surface area contributed by atoms with Gasteiger partial charge in [-0.15, -0.1) is 0 Å². The lowest BCUT2D eigenvalue weighted by Crippen LogP contribution is -2.44. The van der Waals surface area contributed by atoms with Crippen LogP contribution in [0.25, 0.3) is 0 Å². The summed E-state index contributed by atoms with van der Waals surface area (Å²) >= 11 is 4.88. The number of hydrogen-bond donors (Lipinski definition) is 2. The maximum absolute atomic E-state index is 11.8. The van der Waals surface area contributed by atoms with E-state index in [0.717, 1.165) is 25.9 Å². The average molecular weight is 255 g/mol. The quantitative estimate of drug-likeness (QED) is 0.682. The van der Waals surface area contributed by atoms with Crippen LogP contribution in [0.1, 0.15) is 25.7 Å². The highest BCUT2D eigenvalue weighted by Crippen LogP contribution is 2.46. The van der Waals surface area contributed by atoms with E-state index in [4.69, 9.17) is 18.0 Å². The Morgan fingerprint density at radius 1 is 1.29 bits per heavy atom. The Balaban J connectivity index is 1.80. The van der Waals surface area contributed by atoms with Gasteiger partial charge in [-0.3, -0.25) is 9.59 Å². The number of hydrogen-bond acceptors (Lipinski definition) is 3. The Morgan fingerprint density at radius 3 is 2.35 bits per heavy atom. The number of carbonyl (C=O) groups excluding carboxylic acids is 2. The third kappa shape index (κ3) is 2.41. The van der Waals surface area contributed by atoms with Crippen molar-refractivity contribution in [3.8, 4) is 0 Å². The first-order valence-electron chi connectivity index (χ1n) is 5.92. The number of carbonyl (C=O) groups is 2. The maximum atomic E-state index is 11.8. The topological polar surface area (TPSA) is 75.4 Å². The van der Waals surface area contributed by atoms with Gasteiger partial charge in [-0.2, -0.15) is 0 Å². The van der Waals surface area contributed by atoms with Gasteiger partial charge in [-0.05, 0) is 25.7 Å². The average Bonchev–Trinajstić information content (AvgIpc) is 2.94. The molecule has 94 valence electrons. The van der Waals surface area contributed by atoms with Crippen molar-refractivity contribution >= 4 is 29.0 Å². The Labute approximate surface area is 106 Å². The van der Waals surface area contributed by atoms with Gasteiger partial charge in [0.05, 0.1) is 16.9 Å². The number of likely N-dealkylation sites (tertiary alicyclic amines) is 1. The summed E-state index contributed by atoms with van der Waals surface area (Å²) in [7, 11) is 0. The molecule has 0 atom stereocenters. The summed E-state index contributed by atoms with van der Waals surface area (Å²) in [5, 5.41) is 2.65. The molecule has 0 aromatic carbocycles. The van der Waals surface area contributed by atoms with Crippen molar-refractivity contribution in [1.82, 2.24) is 10.2 Å². The summed E-state index contributed by atoms with van der Waals surface area (Å²) in [6, 6.07) is 0. The van der Waals surface area contributed by atoms with Crippen molar-refractivity contribution in [2.45, 2.75) is 25.7 Å². The minimum atomic E-state index is -0.666. The Bertz CT molecular complexity index is 360. The van der Waals surface area contributed by atoms with Crippen molar-refractivity contribution in [2.75, 3.05) is 19.6 Å². The fourth-order valence-electron chi connectivity index (χ4n) is 2.11. The summed E-state index contributed by atoms with van der Waals surface area (Å²) in [5.41, 5.74) is 4.87. The van der Waals surface area contributed by atoms with Crippen LogP contribution in [0.5, 0.6) is 0 Å². The van der Waals surface area contributed by atoms with Gasteiger partial charge < -0.3 is 16.0 Å². The monoisotopic (exact) mass is 255 g/mol. The van der Waals surface area contributed by atoms with Crippen molar-refractivity contribution in [3.05, 3.63) is 0 Å². The molecule has 0 aromatic heterocycles. The largest absolute Gasteiger partial charge is 0.392 e. The summed E-state index contributed by atoms with van der Waals surface area (Å²) in [4.78, 5) is 25.6. The number of nitrogens with two attached hydrogens (primary N) is 1. The second-order valence-electron chi connectivity index (χ2n) is 4.72. The number of amides is 2. The van der Waals surface area contributed by atoms with Crippen LogP contribution >= 0.6 is 12.2 Å². The number of nitrogens with zero attached hydrogens (tertiary/aromatic N) is 1. The third-order valence-electron chi connectivity index (χ3n) is 3.52. The third-order valence-corrected chi connectivity index (χ3v) is 3.91. The Kier molecular flexibility index (Phi) is 3.33. The Hall–Kier alpha value is -1.17. The highest BCUT2D eigenvalue weighted by atomic mass is 32.1. The molecular formula is C11H17N3O2S. The molecule has 2 aliphatic rings. The van der Waals surface area contributed by atoms with Crippen LogP contribution in [0, 0.1) is 5.41 Å². The molecular weight excluding hydrogens is 238 g/mol.